The zero-order chi connectivity index (χ0) is 12.4. The fourth-order valence-corrected chi connectivity index (χ4v) is 2.98. The van der Waals surface area contributed by atoms with Crippen LogP contribution >= 0.6 is 11.3 Å². The van der Waals surface area contributed by atoms with Crippen LogP contribution in [0.15, 0.2) is 29.6 Å². The lowest BCUT2D eigenvalue weighted by Gasteiger charge is -2.11. The number of aromatic nitrogens is 1. The molecule has 0 spiro atoms. The third-order valence-electron chi connectivity index (χ3n) is 3.21. The second-order valence-electron chi connectivity index (χ2n) is 4.69. The summed E-state index contributed by atoms with van der Waals surface area (Å²) in [5, 5.41) is 10.3. The lowest BCUT2D eigenvalue weighted by molar-refractivity contribution is 0.609. The van der Waals surface area contributed by atoms with Gasteiger partial charge in [0, 0.05) is 30.2 Å². The van der Waals surface area contributed by atoms with Crippen LogP contribution in [0.1, 0.15) is 16.3 Å². The first-order valence-corrected chi connectivity index (χ1v) is 7.15. The zero-order valence-corrected chi connectivity index (χ0v) is 11.3. The smallest absolute Gasteiger partial charge is 0.0897 e. The van der Waals surface area contributed by atoms with Gasteiger partial charge >= 0.3 is 0 Å². The van der Waals surface area contributed by atoms with Crippen molar-refractivity contribution in [1.82, 2.24) is 10.3 Å². The van der Waals surface area contributed by atoms with Gasteiger partial charge < -0.3 is 10.6 Å². The van der Waals surface area contributed by atoms with E-state index in [1.54, 1.807) is 11.3 Å². The molecule has 2 N–H and O–H groups in total. The van der Waals surface area contributed by atoms with Crippen LogP contribution in [0, 0.1) is 6.92 Å². The first-order chi connectivity index (χ1) is 8.81. The number of rotatable bonds is 4. The summed E-state index contributed by atoms with van der Waals surface area (Å²) >= 11 is 1.71. The number of thiazole rings is 1. The van der Waals surface area contributed by atoms with Crippen molar-refractivity contribution >= 4 is 17.0 Å². The molecule has 3 rings (SSSR count). The molecule has 0 saturated heterocycles. The van der Waals surface area contributed by atoms with Crippen molar-refractivity contribution in [3.63, 3.8) is 0 Å². The second-order valence-corrected chi connectivity index (χ2v) is 5.75. The standard InChI is InChI=1S/C14H17N3S/c1-10-16-13(9-18-10)8-15-7-12-6-11-4-2-3-5-14(11)17-12/h2-5,9,12,15,17H,6-8H2,1H3. The van der Waals surface area contributed by atoms with Crippen molar-refractivity contribution in [2.24, 2.45) is 0 Å². The van der Waals surface area contributed by atoms with Gasteiger partial charge in [0.05, 0.1) is 10.7 Å². The van der Waals surface area contributed by atoms with Crippen LogP contribution in [-0.4, -0.2) is 17.6 Å². The van der Waals surface area contributed by atoms with E-state index in [1.165, 1.54) is 11.3 Å². The van der Waals surface area contributed by atoms with Gasteiger partial charge in [0.25, 0.3) is 0 Å². The Hall–Kier alpha value is -1.39. The van der Waals surface area contributed by atoms with Gasteiger partial charge in [0.1, 0.15) is 0 Å². The predicted molar refractivity (Wildman–Crippen MR) is 76.1 cm³/mol. The molecular formula is C14H17N3S. The summed E-state index contributed by atoms with van der Waals surface area (Å²) in [5.41, 5.74) is 3.86. The summed E-state index contributed by atoms with van der Waals surface area (Å²) in [6.45, 7) is 3.88. The van der Waals surface area contributed by atoms with Gasteiger partial charge in [-0.3, -0.25) is 0 Å². The Balaban J connectivity index is 1.48. The van der Waals surface area contributed by atoms with E-state index in [2.05, 4.69) is 45.3 Å². The first-order valence-electron chi connectivity index (χ1n) is 6.27. The maximum atomic E-state index is 4.45. The average Bonchev–Trinajstić information content (AvgIpc) is 2.95. The SMILES string of the molecule is Cc1nc(CNCC2Cc3ccccc3N2)cs1. The predicted octanol–water partition coefficient (Wildman–Crippen LogP) is 2.58. The summed E-state index contributed by atoms with van der Waals surface area (Å²) in [7, 11) is 0. The minimum Gasteiger partial charge on any atom is -0.380 e. The van der Waals surface area contributed by atoms with Crippen LogP contribution in [0.4, 0.5) is 5.69 Å². The Morgan fingerprint density at radius 2 is 2.33 bits per heavy atom. The third-order valence-corrected chi connectivity index (χ3v) is 4.03. The van der Waals surface area contributed by atoms with Crippen LogP contribution in [0.5, 0.6) is 0 Å². The second kappa shape index (κ2) is 5.08. The van der Waals surface area contributed by atoms with Gasteiger partial charge in [-0.05, 0) is 25.0 Å². The van der Waals surface area contributed by atoms with Gasteiger partial charge in [0.2, 0.25) is 0 Å². The molecule has 1 aliphatic rings. The Morgan fingerprint density at radius 3 is 3.11 bits per heavy atom. The molecular weight excluding hydrogens is 242 g/mol. The molecule has 0 fully saturated rings. The van der Waals surface area contributed by atoms with E-state index in [9.17, 15) is 0 Å². The number of benzene rings is 1. The molecule has 18 heavy (non-hydrogen) atoms. The number of hydrogen-bond acceptors (Lipinski definition) is 4. The highest BCUT2D eigenvalue weighted by molar-refractivity contribution is 7.09. The molecule has 2 heterocycles. The Bertz CT molecular complexity index is 510. The quantitative estimate of drug-likeness (QED) is 0.886. The van der Waals surface area contributed by atoms with E-state index in [-0.39, 0.29) is 0 Å². The largest absolute Gasteiger partial charge is 0.380 e. The van der Waals surface area contributed by atoms with E-state index < -0.39 is 0 Å². The third kappa shape index (κ3) is 2.54. The van der Waals surface area contributed by atoms with Gasteiger partial charge in [-0.15, -0.1) is 11.3 Å². The van der Waals surface area contributed by atoms with E-state index in [0.29, 0.717) is 6.04 Å². The number of anilines is 1. The zero-order valence-electron chi connectivity index (χ0n) is 10.4. The monoisotopic (exact) mass is 259 g/mol. The number of para-hydroxylation sites is 1. The first kappa shape index (κ1) is 11.7. The maximum Gasteiger partial charge on any atom is 0.0897 e. The summed E-state index contributed by atoms with van der Waals surface area (Å²) < 4.78 is 0. The van der Waals surface area contributed by atoms with Crippen LogP contribution in [-0.2, 0) is 13.0 Å². The summed E-state index contributed by atoms with van der Waals surface area (Å²) in [6.07, 6.45) is 1.11. The highest BCUT2D eigenvalue weighted by Crippen LogP contribution is 2.24. The lowest BCUT2D eigenvalue weighted by Crippen LogP contribution is -2.31. The normalized spacial score (nSPS) is 17.5. The van der Waals surface area contributed by atoms with E-state index in [1.807, 2.05) is 6.92 Å². The Morgan fingerprint density at radius 1 is 1.44 bits per heavy atom. The summed E-state index contributed by atoms with van der Waals surface area (Å²) in [4.78, 5) is 4.45. The van der Waals surface area contributed by atoms with Crippen molar-refractivity contribution in [3.05, 3.63) is 45.9 Å². The van der Waals surface area contributed by atoms with Crippen molar-refractivity contribution in [1.29, 1.82) is 0 Å². The maximum absolute atomic E-state index is 4.45. The fourth-order valence-electron chi connectivity index (χ4n) is 2.36. The van der Waals surface area contributed by atoms with Gasteiger partial charge in [-0.2, -0.15) is 0 Å². The van der Waals surface area contributed by atoms with Gasteiger partial charge in [0.15, 0.2) is 0 Å². The topological polar surface area (TPSA) is 37.0 Å². The lowest BCUT2D eigenvalue weighted by atomic mass is 10.1. The van der Waals surface area contributed by atoms with Crippen molar-refractivity contribution in [2.45, 2.75) is 25.9 Å². The molecule has 1 atom stereocenters. The Labute approximate surface area is 111 Å². The van der Waals surface area contributed by atoms with Crippen molar-refractivity contribution < 1.29 is 0 Å². The molecule has 94 valence electrons. The van der Waals surface area contributed by atoms with Crippen LogP contribution in [0.2, 0.25) is 0 Å². The fraction of sp³-hybridized carbons (Fsp3) is 0.357. The summed E-state index contributed by atoms with van der Waals surface area (Å²) in [6, 6.07) is 9.04. The number of nitrogens with one attached hydrogen (secondary N) is 2. The number of hydrogen-bond donors (Lipinski definition) is 2. The molecule has 3 nitrogen and oxygen atoms in total. The Kier molecular flexibility index (Phi) is 3.30. The molecule has 4 heteroatoms. The van der Waals surface area contributed by atoms with E-state index >= 15 is 0 Å². The molecule has 0 amide bonds. The molecule has 1 aliphatic heterocycles. The minimum atomic E-state index is 0.502. The number of aryl methyl sites for hydroxylation is 1. The molecule has 0 saturated carbocycles. The van der Waals surface area contributed by atoms with Crippen molar-refractivity contribution in [2.75, 3.05) is 11.9 Å². The van der Waals surface area contributed by atoms with Gasteiger partial charge in [-0.25, -0.2) is 4.98 Å². The van der Waals surface area contributed by atoms with Gasteiger partial charge in [-0.1, -0.05) is 18.2 Å². The molecule has 0 aliphatic carbocycles. The van der Waals surface area contributed by atoms with Crippen molar-refractivity contribution in [3.8, 4) is 0 Å². The number of fused-ring (bicyclic) bond motifs is 1. The minimum absolute atomic E-state index is 0.502. The highest BCUT2D eigenvalue weighted by Gasteiger charge is 2.19. The molecule has 1 aromatic carbocycles. The molecule has 1 unspecified atom stereocenters. The molecule has 0 radical (unpaired) electrons. The highest BCUT2D eigenvalue weighted by atomic mass is 32.1. The van der Waals surface area contributed by atoms with Crippen LogP contribution < -0.4 is 10.6 Å². The molecule has 2 aromatic rings. The summed E-state index contributed by atoms with van der Waals surface area (Å²) in [5.74, 6) is 0. The van der Waals surface area contributed by atoms with Crippen LogP contribution in [0.3, 0.4) is 0 Å². The molecule has 1 aromatic heterocycles. The molecule has 0 bridgehead atoms. The average molecular weight is 259 g/mol. The number of nitrogens with zero attached hydrogens (tertiary/aromatic N) is 1. The van der Waals surface area contributed by atoms with E-state index in [0.717, 1.165) is 30.2 Å². The van der Waals surface area contributed by atoms with Crippen LogP contribution in [0.25, 0.3) is 0 Å². The van der Waals surface area contributed by atoms with E-state index in [4.69, 9.17) is 0 Å².